The minimum atomic E-state index is -1.22. The molecule has 2 N–H and O–H groups in total. The first-order valence-electron chi connectivity index (χ1n) is 11.7. The van der Waals surface area contributed by atoms with E-state index in [1.54, 1.807) is 23.1 Å². The van der Waals surface area contributed by atoms with Crippen LogP contribution in [0.3, 0.4) is 0 Å². The van der Waals surface area contributed by atoms with Gasteiger partial charge in [-0.25, -0.2) is 18.6 Å². The highest BCUT2D eigenvalue weighted by Crippen LogP contribution is 2.31. The number of carbonyl (C=O) groups excluding carboxylic acids is 3. The number of primary amides is 1. The highest BCUT2D eigenvalue weighted by Gasteiger charge is 2.22. The molecule has 192 valence electrons. The van der Waals surface area contributed by atoms with E-state index in [1.807, 2.05) is 13.0 Å². The molecule has 0 unspecified atom stereocenters. The van der Waals surface area contributed by atoms with E-state index in [1.165, 1.54) is 6.07 Å². The number of pyridine rings is 1. The first-order chi connectivity index (χ1) is 17.7. The van der Waals surface area contributed by atoms with Crippen molar-refractivity contribution in [1.29, 1.82) is 0 Å². The van der Waals surface area contributed by atoms with Crippen LogP contribution >= 0.6 is 11.6 Å². The van der Waals surface area contributed by atoms with E-state index < -0.39 is 29.2 Å². The van der Waals surface area contributed by atoms with Crippen LogP contribution in [0.5, 0.6) is 0 Å². The van der Waals surface area contributed by atoms with Crippen molar-refractivity contribution in [3.05, 3.63) is 75.8 Å². The van der Waals surface area contributed by atoms with E-state index in [2.05, 4.69) is 4.98 Å². The molecule has 0 saturated carbocycles. The number of hydrogen-bond acceptors (Lipinski definition) is 5. The van der Waals surface area contributed by atoms with Gasteiger partial charge >= 0.3 is 6.09 Å². The topological polar surface area (TPSA) is 103 Å². The van der Waals surface area contributed by atoms with Crippen LogP contribution in [0.2, 0.25) is 5.02 Å². The van der Waals surface area contributed by atoms with Crippen molar-refractivity contribution >= 4 is 40.3 Å². The Kier molecular flexibility index (Phi) is 7.83. The van der Waals surface area contributed by atoms with Crippen molar-refractivity contribution in [2.45, 2.75) is 26.2 Å². The molecule has 0 saturated heterocycles. The molecule has 10 heteroatoms. The molecule has 0 radical (unpaired) electrons. The Morgan fingerprint density at radius 1 is 1.11 bits per heavy atom. The minimum absolute atomic E-state index is 0.0575. The fraction of sp³-hybridized carbons (Fsp3) is 0.259. The monoisotopic (exact) mass is 527 g/mol. The van der Waals surface area contributed by atoms with Crippen LogP contribution in [0.15, 0.2) is 48.0 Å². The zero-order chi connectivity index (χ0) is 26.7. The van der Waals surface area contributed by atoms with Crippen LogP contribution in [0.4, 0.5) is 13.6 Å². The minimum Gasteiger partial charge on any atom is -0.449 e. The summed E-state index contributed by atoms with van der Waals surface area (Å²) in [5.74, 6) is -3.66. The van der Waals surface area contributed by atoms with Gasteiger partial charge in [-0.2, -0.15) is 0 Å². The van der Waals surface area contributed by atoms with Crippen molar-refractivity contribution in [3.63, 3.8) is 0 Å². The summed E-state index contributed by atoms with van der Waals surface area (Å²) < 4.78 is 33.8. The van der Waals surface area contributed by atoms with Crippen molar-refractivity contribution in [3.8, 4) is 11.3 Å². The van der Waals surface area contributed by atoms with Crippen LogP contribution in [-0.2, 0) is 4.74 Å². The predicted octanol–water partition coefficient (Wildman–Crippen LogP) is 5.68. The zero-order valence-electron chi connectivity index (χ0n) is 20.0. The molecule has 2 heterocycles. The molecule has 0 aliphatic carbocycles. The number of rotatable bonds is 6. The zero-order valence-corrected chi connectivity index (χ0v) is 20.8. The third-order valence-electron chi connectivity index (χ3n) is 6.03. The Morgan fingerprint density at radius 3 is 2.51 bits per heavy atom. The summed E-state index contributed by atoms with van der Waals surface area (Å²) in [5, 5.41) is 0.824. The molecule has 0 bridgehead atoms. The van der Waals surface area contributed by atoms with Gasteiger partial charge in [0, 0.05) is 29.6 Å². The first-order valence-corrected chi connectivity index (χ1v) is 12.1. The van der Waals surface area contributed by atoms with Gasteiger partial charge in [-0.05, 0) is 49.1 Å². The molecule has 2 amide bonds. The molecule has 7 nitrogen and oxygen atoms in total. The normalized spacial score (nSPS) is 13.7. The van der Waals surface area contributed by atoms with Gasteiger partial charge in [0.2, 0.25) is 0 Å². The summed E-state index contributed by atoms with van der Waals surface area (Å²) in [6, 6.07) is 8.22. The lowest BCUT2D eigenvalue weighted by Gasteiger charge is -2.19. The number of halogens is 3. The number of ketones is 1. The maximum absolute atomic E-state index is 14.3. The van der Waals surface area contributed by atoms with Gasteiger partial charge in [0.05, 0.1) is 22.8 Å². The standard InChI is InChI=1S/C27H24ClF2N3O4/c1-2-10-37-27(36)33-8-3-4-15(7-9-33)25(34)16-5-6-18-19(28)14-22(32-23(18)13-16)17-11-20(29)24(26(31)35)21(30)12-17/h4-6,11-14H,2-3,7-10H2,1H3,(H2,31,35). The van der Waals surface area contributed by atoms with Gasteiger partial charge in [0.25, 0.3) is 5.91 Å². The van der Waals surface area contributed by atoms with Gasteiger partial charge < -0.3 is 15.4 Å². The highest BCUT2D eigenvalue weighted by atomic mass is 35.5. The van der Waals surface area contributed by atoms with E-state index in [9.17, 15) is 23.2 Å². The summed E-state index contributed by atoms with van der Waals surface area (Å²) in [6.45, 7) is 3.08. The second kappa shape index (κ2) is 11.0. The number of ether oxygens (including phenoxy) is 1. The molecule has 37 heavy (non-hydrogen) atoms. The lowest BCUT2D eigenvalue weighted by atomic mass is 9.98. The van der Waals surface area contributed by atoms with Crippen molar-refractivity contribution in [2.24, 2.45) is 5.73 Å². The fourth-order valence-electron chi connectivity index (χ4n) is 4.15. The summed E-state index contributed by atoms with van der Waals surface area (Å²) in [5.41, 5.74) is 5.71. The Labute approximate surface area is 216 Å². The molecule has 0 spiro atoms. The number of amides is 2. The van der Waals surface area contributed by atoms with Crippen LogP contribution in [-0.4, -0.2) is 47.4 Å². The molecule has 4 rings (SSSR count). The Morgan fingerprint density at radius 2 is 1.84 bits per heavy atom. The summed E-state index contributed by atoms with van der Waals surface area (Å²) in [4.78, 5) is 42.8. The third kappa shape index (κ3) is 5.61. The maximum atomic E-state index is 14.3. The number of carbonyl (C=O) groups is 3. The van der Waals surface area contributed by atoms with Crippen LogP contribution in [0.25, 0.3) is 22.2 Å². The average molecular weight is 528 g/mol. The summed E-state index contributed by atoms with van der Waals surface area (Å²) in [7, 11) is 0. The van der Waals surface area contributed by atoms with Gasteiger partial charge in [-0.3, -0.25) is 9.59 Å². The molecular weight excluding hydrogens is 504 g/mol. The van der Waals surface area contributed by atoms with E-state index in [-0.39, 0.29) is 22.1 Å². The second-order valence-electron chi connectivity index (χ2n) is 8.60. The first kappa shape index (κ1) is 26.2. The Bertz CT molecular complexity index is 1420. The smallest absolute Gasteiger partial charge is 0.409 e. The number of benzene rings is 2. The molecule has 3 aromatic rings. The average Bonchev–Trinajstić information content (AvgIpc) is 3.12. The van der Waals surface area contributed by atoms with Crippen molar-refractivity contribution in [2.75, 3.05) is 19.7 Å². The van der Waals surface area contributed by atoms with Gasteiger partial charge in [0.1, 0.15) is 17.2 Å². The summed E-state index contributed by atoms with van der Waals surface area (Å²) >= 11 is 6.41. The van der Waals surface area contributed by atoms with Crippen LogP contribution in [0, 0.1) is 11.6 Å². The number of hydrogen-bond donors (Lipinski definition) is 1. The molecule has 1 aromatic heterocycles. The van der Waals surface area contributed by atoms with Gasteiger partial charge in [0.15, 0.2) is 5.78 Å². The molecule has 2 aromatic carbocycles. The molecule has 1 aliphatic heterocycles. The third-order valence-corrected chi connectivity index (χ3v) is 6.34. The number of nitrogens with zero attached hydrogens (tertiary/aromatic N) is 2. The summed E-state index contributed by atoms with van der Waals surface area (Å²) in [6.07, 6.45) is 3.05. The van der Waals surface area contributed by atoms with E-state index >= 15 is 0 Å². The SMILES string of the molecule is CCCOC(=O)N1CCC=C(C(=O)c2ccc3c(Cl)cc(-c4cc(F)c(C(N)=O)c(F)c4)nc3c2)CC1. The second-order valence-corrected chi connectivity index (χ2v) is 9.01. The molecule has 0 atom stereocenters. The lowest BCUT2D eigenvalue weighted by molar-refractivity contribution is 0.0990. The predicted molar refractivity (Wildman–Crippen MR) is 135 cm³/mol. The maximum Gasteiger partial charge on any atom is 0.409 e. The van der Waals surface area contributed by atoms with Crippen LogP contribution < -0.4 is 5.73 Å². The number of Topliss-reactive ketones (excluding diaryl/α,β-unsaturated/α-hetero) is 1. The van der Waals surface area contributed by atoms with Crippen LogP contribution in [0.1, 0.15) is 46.9 Å². The Balaban J connectivity index is 1.61. The van der Waals surface area contributed by atoms with E-state index in [0.29, 0.717) is 54.6 Å². The van der Waals surface area contributed by atoms with Crippen molar-refractivity contribution in [1.82, 2.24) is 9.88 Å². The van der Waals surface area contributed by atoms with E-state index in [0.717, 1.165) is 18.6 Å². The number of aromatic nitrogens is 1. The lowest BCUT2D eigenvalue weighted by Crippen LogP contribution is -2.33. The van der Waals surface area contributed by atoms with E-state index in [4.69, 9.17) is 22.1 Å². The van der Waals surface area contributed by atoms with Gasteiger partial charge in [-0.1, -0.05) is 36.7 Å². The number of fused-ring (bicyclic) bond motifs is 1. The van der Waals surface area contributed by atoms with Gasteiger partial charge in [-0.15, -0.1) is 0 Å². The fourth-order valence-corrected chi connectivity index (χ4v) is 4.41. The Hall–Kier alpha value is -3.85. The molecule has 1 aliphatic rings. The highest BCUT2D eigenvalue weighted by molar-refractivity contribution is 6.35. The quantitative estimate of drug-likeness (QED) is 0.415. The number of nitrogens with two attached hydrogens (primary N) is 1. The molecule has 0 fully saturated rings. The largest absolute Gasteiger partial charge is 0.449 e. The molecular formula is C27H24ClF2N3O4. The van der Waals surface area contributed by atoms with Crippen molar-refractivity contribution < 1.29 is 27.9 Å².